The predicted molar refractivity (Wildman–Crippen MR) is 95.7 cm³/mol. The van der Waals surface area contributed by atoms with E-state index in [0.717, 1.165) is 0 Å². The van der Waals surface area contributed by atoms with Crippen LogP contribution < -0.4 is 10.6 Å². The van der Waals surface area contributed by atoms with Crippen molar-refractivity contribution in [2.24, 2.45) is 0 Å². The van der Waals surface area contributed by atoms with Crippen LogP contribution >= 0.6 is 0 Å². The summed E-state index contributed by atoms with van der Waals surface area (Å²) in [4.78, 5) is 35.4. The predicted octanol–water partition coefficient (Wildman–Crippen LogP) is 2.89. The molecule has 2 amide bonds. The molecule has 0 heterocycles. The Hall–Kier alpha value is -1.99. The highest BCUT2D eigenvalue weighted by atomic mass is 16.6. The molecule has 3 unspecified atom stereocenters. The van der Waals surface area contributed by atoms with Crippen molar-refractivity contribution in [1.29, 1.82) is 0 Å². The number of esters is 1. The molecule has 3 atom stereocenters. The summed E-state index contributed by atoms with van der Waals surface area (Å²) < 4.78 is 15.8. The minimum atomic E-state index is -0.637. The van der Waals surface area contributed by atoms with Gasteiger partial charge in [0.05, 0.1) is 12.1 Å². The minimum Gasteiger partial charge on any atom is -0.462 e. The topological polar surface area (TPSA) is 103 Å². The van der Waals surface area contributed by atoms with Gasteiger partial charge in [0.2, 0.25) is 0 Å². The molecule has 0 aromatic carbocycles. The lowest BCUT2D eigenvalue weighted by Crippen LogP contribution is -2.56. The van der Waals surface area contributed by atoms with Gasteiger partial charge >= 0.3 is 18.2 Å². The molecule has 8 heteroatoms. The van der Waals surface area contributed by atoms with Crippen LogP contribution in [-0.4, -0.2) is 47.5 Å². The lowest BCUT2D eigenvalue weighted by molar-refractivity contribution is -0.148. The monoisotopic (exact) mass is 372 g/mol. The fourth-order valence-electron chi connectivity index (χ4n) is 2.72. The average Bonchev–Trinajstić information content (AvgIpc) is 2.36. The number of ether oxygens (including phenoxy) is 3. The second-order valence-electron chi connectivity index (χ2n) is 8.55. The molecule has 2 N–H and O–H groups in total. The number of rotatable bonds is 3. The van der Waals surface area contributed by atoms with Gasteiger partial charge in [-0.1, -0.05) is 0 Å². The fraction of sp³-hybridized carbons (Fsp3) is 0.833. The van der Waals surface area contributed by atoms with Crippen molar-refractivity contribution in [3.05, 3.63) is 0 Å². The van der Waals surface area contributed by atoms with Crippen molar-refractivity contribution in [2.75, 3.05) is 0 Å². The van der Waals surface area contributed by atoms with Crippen LogP contribution in [0.4, 0.5) is 9.59 Å². The van der Waals surface area contributed by atoms with Crippen LogP contribution in [-0.2, 0) is 19.0 Å². The zero-order valence-corrected chi connectivity index (χ0v) is 16.8. The molecule has 0 spiro atoms. The first-order chi connectivity index (χ1) is 11.7. The average molecular weight is 372 g/mol. The maximum Gasteiger partial charge on any atom is 0.407 e. The van der Waals surface area contributed by atoms with E-state index in [2.05, 4.69) is 10.6 Å². The first-order valence-electron chi connectivity index (χ1n) is 8.91. The van der Waals surface area contributed by atoms with E-state index >= 15 is 0 Å². The summed E-state index contributed by atoms with van der Waals surface area (Å²) in [6.45, 7) is 12.0. The Morgan fingerprint density at radius 1 is 0.808 bits per heavy atom. The number of nitrogens with one attached hydrogen (secondary N) is 2. The molecular weight excluding hydrogens is 340 g/mol. The largest absolute Gasteiger partial charge is 0.462 e. The van der Waals surface area contributed by atoms with Gasteiger partial charge in [0, 0.05) is 13.3 Å². The highest BCUT2D eigenvalue weighted by molar-refractivity contribution is 5.70. The summed E-state index contributed by atoms with van der Waals surface area (Å²) in [6.07, 6.45) is 0.0687. The SMILES string of the molecule is CC(=O)OC1CCC(NC(=O)OC(C)(C)C)C(NC(=O)OC(C)(C)C)C1. The molecule has 0 aromatic heterocycles. The second kappa shape index (κ2) is 8.60. The molecule has 0 aliphatic heterocycles. The Bertz CT molecular complexity index is 521. The lowest BCUT2D eigenvalue weighted by Gasteiger charge is -2.37. The third-order valence-electron chi connectivity index (χ3n) is 3.54. The van der Waals surface area contributed by atoms with Crippen LogP contribution in [0, 0.1) is 0 Å². The Morgan fingerprint density at radius 3 is 1.69 bits per heavy atom. The fourth-order valence-corrected chi connectivity index (χ4v) is 2.72. The van der Waals surface area contributed by atoms with Crippen LogP contribution in [0.25, 0.3) is 0 Å². The van der Waals surface area contributed by atoms with E-state index < -0.39 is 29.4 Å². The number of hydrogen-bond acceptors (Lipinski definition) is 6. The molecule has 1 saturated carbocycles. The quantitative estimate of drug-likeness (QED) is 0.583. The molecule has 8 nitrogen and oxygen atoms in total. The van der Waals surface area contributed by atoms with Crippen molar-refractivity contribution in [3.63, 3.8) is 0 Å². The van der Waals surface area contributed by atoms with Crippen LogP contribution in [0.2, 0.25) is 0 Å². The first kappa shape index (κ1) is 22.1. The van der Waals surface area contributed by atoms with Gasteiger partial charge in [-0.2, -0.15) is 0 Å². The molecule has 0 aromatic rings. The molecular formula is C18H32N2O6. The number of hydrogen-bond donors (Lipinski definition) is 2. The van der Waals surface area contributed by atoms with Crippen LogP contribution in [0.5, 0.6) is 0 Å². The third kappa shape index (κ3) is 8.92. The van der Waals surface area contributed by atoms with Gasteiger partial charge in [0.1, 0.15) is 17.3 Å². The smallest absolute Gasteiger partial charge is 0.407 e. The summed E-state index contributed by atoms with van der Waals surface area (Å²) in [5.74, 6) is -0.371. The molecule has 1 rings (SSSR count). The summed E-state index contributed by atoms with van der Waals surface area (Å²) in [6, 6.07) is -0.778. The zero-order chi connectivity index (χ0) is 20.1. The standard InChI is InChI=1S/C18H32N2O6/c1-11(21)24-12-8-9-13(19-15(22)25-17(2,3)4)14(10-12)20-16(23)26-18(5,6)7/h12-14H,8-10H2,1-7H3,(H,19,22)(H,20,23). The maximum atomic E-state index is 12.1. The number of amides is 2. The normalized spacial score (nSPS) is 23.6. The van der Waals surface area contributed by atoms with Gasteiger partial charge in [0.25, 0.3) is 0 Å². The molecule has 26 heavy (non-hydrogen) atoms. The van der Waals surface area contributed by atoms with E-state index in [1.807, 2.05) is 0 Å². The Morgan fingerprint density at radius 2 is 1.27 bits per heavy atom. The van der Waals surface area contributed by atoms with E-state index in [0.29, 0.717) is 19.3 Å². The van der Waals surface area contributed by atoms with Gasteiger partial charge < -0.3 is 24.8 Å². The van der Waals surface area contributed by atoms with Gasteiger partial charge in [-0.3, -0.25) is 4.79 Å². The third-order valence-corrected chi connectivity index (χ3v) is 3.54. The van der Waals surface area contributed by atoms with E-state index in [9.17, 15) is 14.4 Å². The molecule has 1 aliphatic carbocycles. The van der Waals surface area contributed by atoms with Gasteiger partial charge in [-0.05, 0) is 54.4 Å². The molecule has 0 radical (unpaired) electrons. The van der Waals surface area contributed by atoms with E-state index in [1.54, 1.807) is 41.5 Å². The van der Waals surface area contributed by atoms with Crippen molar-refractivity contribution in [3.8, 4) is 0 Å². The summed E-state index contributed by atoms with van der Waals surface area (Å²) in [5, 5.41) is 5.57. The number of alkyl carbamates (subject to hydrolysis) is 2. The van der Waals surface area contributed by atoms with Gasteiger partial charge in [-0.15, -0.1) is 0 Å². The first-order valence-corrected chi connectivity index (χ1v) is 8.91. The van der Waals surface area contributed by atoms with E-state index in [1.165, 1.54) is 6.92 Å². The minimum absolute atomic E-state index is 0.316. The number of carbonyl (C=O) groups excluding carboxylic acids is 3. The molecule has 1 aliphatic rings. The van der Waals surface area contributed by atoms with Crippen molar-refractivity contribution in [2.45, 2.75) is 97.1 Å². The van der Waals surface area contributed by atoms with Crippen LogP contribution in [0.3, 0.4) is 0 Å². The Kier molecular flexibility index (Phi) is 7.29. The Balaban J connectivity index is 2.77. The second-order valence-corrected chi connectivity index (χ2v) is 8.55. The molecule has 0 bridgehead atoms. The van der Waals surface area contributed by atoms with Crippen molar-refractivity contribution >= 4 is 18.2 Å². The highest BCUT2D eigenvalue weighted by Crippen LogP contribution is 2.23. The van der Waals surface area contributed by atoms with Crippen molar-refractivity contribution < 1.29 is 28.6 Å². The summed E-state index contributed by atoms with van der Waals surface area (Å²) in [7, 11) is 0. The highest BCUT2D eigenvalue weighted by Gasteiger charge is 2.35. The zero-order valence-electron chi connectivity index (χ0n) is 16.8. The lowest BCUT2D eigenvalue weighted by atomic mass is 9.88. The van der Waals surface area contributed by atoms with Crippen LogP contribution in [0.15, 0.2) is 0 Å². The maximum absolute atomic E-state index is 12.1. The molecule has 0 saturated heterocycles. The van der Waals surface area contributed by atoms with E-state index in [4.69, 9.17) is 14.2 Å². The Labute approximate surface area is 155 Å². The summed E-state index contributed by atoms with van der Waals surface area (Å²) >= 11 is 0. The van der Waals surface area contributed by atoms with Gasteiger partial charge in [-0.25, -0.2) is 9.59 Å². The van der Waals surface area contributed by atoms with E-state index in [-0.39, 0.29) is 18.1 Å². The van der Waals surface area contributed by atoms with Crippen LogP contribution in [0.1, 0.15) is 67.7 Å². The number of carbonyl (C=O) groups is 3. The van der Waals surface area contributed by atoms with Crippen molar-refractivity contribution in [1.82, 2.24) is 10.6 Å². The summed E-state index contributed by atoms with van der Waals surface area (Å²) in [5.41, 5.74) is -1.25. The molecule has 150 valence electrons. The molecule has 1 fully saturated rings. The van der Waals surface area contributed by atoms with Gasteiger partial charge in [0.15, 0.2) is 0 Å².